The molecule has 0 aliphatic carbocycles. The number of ether oxygens (including phenoxy) is 1. The molecule has 0 fully saturated rings. The van der Waals surface area contributed by atoms with E-state index in [1.807, 2.05) is 49.4 Å². The monoisotopic (exact) mass is 477 g/mol. The smallest absolute Gasteiger partial charge is 0.342 e. The number of furan rings is 1. The molecule has 0 saturated carbocycles. The summed E-state index contributed by atoms with van der Waals surface area (Å²) < 4.78 is 40.8. The van der Waals surface area contributed by atoms with Crippen LogP contribution in [0.15, 0.2) is 63.9 Å². The summed E-state index contributed by atoms with van der Waals surface area (Å²) in [5.41, 5.74) is 4.86. The normalized spacial score (nSPS) is 11.6. The molecule has 0 radical (unpaired) electrons. The summed E-state index contributed by atoms with van der Waals surface area (Å²) >= 11 is 0. The molecule has 3 aromatic carbocycles. The van der Waals surface area contributed by atoms with Gasteiger partial charge in [0.1, 0.15) is 16.9 Å². The minimum Gasteiger partial charge on any atom is -0.462 e. The van der Waals surface area contributed by atoms with Crippen molar-refractivity contribution in [3.63, 3.8) is 0 Å². The molecule has 0 amide bonds. The van der Waals surface area contributed by atoms with Gasteiger partial charge in [0.25, 0.3) is 10.0 Å². The fourth-order valence-electron chi connectivity index (χ4n) is 4.34. The zero-order chi connectivity index (χ0) is 24.6. The van der Waals surface area contributed by atoms with Crippen molar-refractivity contribution in [2.75, 3.05) is 11.3 Å². The first-order valence-electron chi connectivity index (χ1n) is 11.0. The number of rotatable bonds is 6. The standard InChI is InChI=1S/C27H27NO5S/c1-6-32-27(29)24-21-15-22(28-34(30,31)26-18(4)12-16(2)13-19(26)5)17(3)14-23(21)33-25(24)20-10-8-7-9-11-20/h7-15,28H,6H2,1-5H3. The molecule has 4 aromatic rings. The predicted octanol–water partition coefficient (Wildman–Crippen LogP) is 6.31. The molecule has 0 aliphatic heterocycles. The fourth-order valence-corrected chi connectivity index (χ4v) is 5.92. The number of carbonyl (C=O) groups excluding carboxylic acids is 1. The van der Waals surface area contributed by atoms with Crippen LogP contribution in [0.3, 0.4) is 0 Å². The SMILES string of the molecule is CCOC(=O)c1c(-c2ccccc2)oc2cc(C)c(NS(=O)(=O)c3c(C)cc(C)cc3C)cc12. The molecule has 0 atom stereocenters. The molecule has 6 nitrogen and oxygen atoms in total. The highest BCUT2D eigenvalue weighted by atomic mass is 32.2. The van der Waals surface area contributed by atoms with Gasteiger partial charge >= 0.3 is 5.97 Å². The molecule has 7 heteroatoms. The quantitative estimate of drug-likeness (QED) is 0.329. The first-order valence-corrected chi connectivity index (χ1v) is 12.5. The second kappa shape index (κ2) is 8.99. The topological polar surface area (TPSA) is 85.6 Å². The number of fused-ring (bicyclic) bond motifs is 1. The highest BCUT2D eigenvalue weighted by Gasteiger charge is 2.26. The molecule has 0 spiro atoms. The van der Waals surface area contributed by atoms with Gasteiger partial charge in [0.05, 0.1) is 17.2 Å². The van der Waals surface area contributed by atoms with Crippen LogP contribution in [0.5, 0.6) is 0 Å². The third-order valence-electron chi connectivity index (χ3n) is 5.67. The van der Waals surface area contributed by atoms with Crippen LogP contribution < -0.4 is 4.72 Å². The van der Waals surface area contributed by atoms with E-state index in [4.69, 9.17) is 9.15 Å². The van der Waals surface area contributed by atoms with Crippen LogP contribution in [-0.2, 0) is 14.8 Å². The zero-order valence-electron chi connectivity index (χ0n) is 19.9. The van der Waals surface area contributed by atoms with E-state index in [-0.39, 0.29) is 17.1 Å². The molecule has 176 valence electrons. The Bertz CT molecular complexity index is 1480. The fraction of sp³-hybridized carbons (Fsp3) is 0.222. The van der Waals surface area contributed by atoms with E-state index in [1.165, 1.54) is 0 Å². The molecule has 0 saturated heterocycles. The number of anilines is 1. The Morgan fingerprint density at radius 3 is 2.21 bits per heavy atom. The van der Waals surface area contributed by atoms with E-state index in [0.29, 0.717) is 39.1 Å². The third kappa shape index (κ3) is 4.31. The zero-order valence-corrected chi connectivity index (χ0v) is 20.7. The van der Waals surface area contributed by atoms with Crippen LogP contribution in [0.2, 0.25) is 0 Å². The lowest BCUT2D eigenvalue weighted by molar-refractivity contribution is 0.0528. The van der Waals surface area contributed by atoms with Crippen molar-refractivity contribution in [3.05, 3.63) is 82.4 Å². The number of aryl methyl sites for hydroxylation is 4. The number of hydrogen-bond donors (Lipinski definition) is 1. The molecular weight excluding hydrogens is 450 g/mol. The summed E-state index contributed by atoms with van der Waals surface area (Å²) in [6.45, 7) is 9.23. The number of benzene rings is 3. The van der Waals surface area contributed by atoms with Crippen molar-refractivity contribution in [2.24, 2.45) is 0 Å². The van der Waals surface area contributed by atoms with E-state index in [9.17, 15) is 13.2 Å². The number of carbonyl (C=O) groups is 1. The number of esters is 1. The summed E-state index contributed by atoms with van der Waals surface area (Å²) in [4.78, 5) is 13.2. The average molecular weight is 478 g/mol. The summed E-state index contributed by atoms with van der Waals surface area (Å²) in [6.07, 6.45) is 0. The third-order valence-corrected chi connectivity index (χ3v) is 7.34. The maximum atomic E-state index is 13.4. The van der Waals surface area contributed by atoms with Crippen LogP contribution in [-0.4, -0.2) is 21.0 Å². The van der Waals surface area contributed by atoms with Gasteiger partial charge < -0.3 is 9.15 Å². The lowest BCUT2D eigenvalue weighted by Crippen LogP contribution is -2.16. The molecule has 4 rings (SSSR count). The molecule has 0 aliphatic rings. The lowest BCUT2D eigenvalue weighted by Gasteiger charge is -2.15. The van der Waals surface area contributed by atoms with E-state index < -0.39 is 16.0 Å². The van der Waals surface area contributed by atoms with E-state index >= 15 is 0 Å². The summed E-state index contributed by atoms with van der Waals surface area (Å²) in [5.74, 6) is -0.137. The first-order chi connectivity index (χ1) is 16.1. The van der Waals surface area contributed by atoms with Gasteiger partial charge in [0.2, 0.25) is 0 Å². The number of sulfonamides is 1. The minimum atomic E-state index is -3.87. The Labute approximate surface area is 199 Å². The van der Waals surface area contributed by atoms with E-state index in [0.717, 1.165) is 11.1 Å². The Hall–Kier alpha value is -3.58. The van der Waals surface area contributed by atoms with E-state index in [2.05, 4.69) is 4.72 Å². The van der Waals surface area contributed by atoms with Crippen LogP contribution in [0, 0.1) is 27.7 Å². The van der Waals surface area contributed by atoms with Crippen molar-refractivity contribution < 1.29 is 22.4 Å². The molecule has 34 heavy (non-hydrogen) atoms. The molecule has 1 heterocycles. The Kier molecular flexibility index (Phi) is 6.23. The largest absolute Gasteiger partial charge is 0.462 e. The van der Waals surface area contributed by atoms with Gasteiger partial charge in [-0.25, -0.2) is 13.2 Å². The second-order valence-electron chi connectivity index (χ2n) is 8.39. The van der Waals surface area contributed by atoms with Crippen molar-refractivity contribution in [1.82, 2.24) is 0 Å². The molecule has 1 aromatic heterocycles. The maximum absolute atomic E-state index is 13.4. The Morgan fingerprint density at radius 2 is 1.59 bits per heavy atom. The Morgan fingerprint density at radius 1 is 0.941 bits per heavy atom. The number of hydrogen-bond acceptors (Lipinski definition) is 5. The van der Waals surface area contributed by atoms with Crippen LogP contribution in [0.4, 0.5) is 5.69 Å². The van der Waals surface area contributed by atoms with Crippen LogP contribution in [0.25, 0.3) is 22.3 Å². The van der Waals surface area contributed by atoms with Gasteiger partial charge in [-0.2, -0.15) is 0 Å². The van der Waals surface area contributed by atoms with E-state index in [1.54, 1.807) is 39.8 Å². The van der Waals surface area contributed by atoms with Gasteiger partial charge in [-0.15, -0.1) is 0 Å². The highest BCUT2D eigenvalue weighted by Crippen LogP contribution is 2.37. The summed E-state index contributed by atoms with van der Waals surface area (Å²) in [6, 6.07) is 16.4. The van der Waals surface area contributed by atoms with Gasteiger partial charge in [0, 0.05) is 10.9 Å². The molecule has 0 unspecified atom stereocenters. The number of nitrogens with one attached hydrogen (secondary N) is 1. The Balaban J connectivity index is 1.88. The van der Waals surface area contributed by atoms with Gasteiger partial charge in [-0.3, -0.25) is 4.72 Å². The van der Waals surface area contributed by atoms with Gasteiger partial charge in [-0.1, -0.05) is 48.0 Å². The summed E-state index contributed by atoms with van der Waals surface area (Å²) in [7, 11) is -3.87. The van der Waals surface area contributed by atoms with Gasteiger partial charge in [-0.05, 0) is 63.4 Å². The van der Waals surface area contributed by atoms with Crippen molar-refractivity contribution >= 4 is 32.6 Å². The average Bonchev–Trinajstić information content (AvgIpc) is 3.11. The van der Waals surface area contributed by atoms with Gasteiger partial charge in [0.15, 0.2) is 0 Å². The van der Waals surface area contributed by atoms with Crippen LogP contribution >= 0.6 is 0 Å². The summed E-state index contributed by atoms with van der Waals surface area (Å²) in [5, 5.41) is 0.484. The van der Waals surface area contributed by atoms with Crippen molar-refractivity contribution in [2.45, 2.75) is 39.5 Å². The minimum absolute atomic E-state index is 0.205. The highest BCUT2D eigenvalue weighted by molar-refractivity contribution is 7.92. The molecule has 0 bridgehead atoms. The van der Waals surface area contributed by atoms with Crippen molar-refractivity contribution in [1.29, 1.82) is 0 Å². The van der Waals surface area contributed by atoms with Crippen molar-refractivity contribution in [3.8, 4) is 11.3 Å². The second-order valence-corrected chi connectivity index (χ2v) is 10.0. The van der Waals surface area contributed by atoms with Crippen LogP contribution in [0.1, 0.15) is 39.5 Å². The molecular formula is C27H27NO5S. The lowest BCUT2D eigenvalue weighted by atomic mass is 10.0. The molecule has 1 N–H and O–H groups in total. The first kappa shape index (κ1) is 23.6. The maximum Gasteiger partial charge on any atom is 0.342 e. The predicted molar refractivity (Wildman–Crippen MR) is 134 cm³/mol.